The first-order valence-electron chi connectivity index (χ1n) is 8.84. The van der Waals surface area contributed by atoms with Crippen molar-refractivity contribution in [3.8, 4) is 17.1 Å². The largest absolute Gasteiger partial charge is 0.465 e. The highest BCUT2D eigenvalue weighted by Crippen LogP contribution is 2.29. The number of nitrogens with zero attached hydrogens (tertiary/aromatic N) is 3. The number of carbonyl (C=O) groups is 2. The molecule has 2 heterocycles. The van der Waals surface area contributed by atoms with Crippen LogP contribution in [-0.2, 0) is 16.6 Å². The molecule has 0 aliphatic heterocycles. The molecule has 0 spiro atoms. The van der Waals surface area contributed by atoms with Crippen LogP contribution >= 0.6 is 23.1 Å². The lowest BCUT2D eigenvalue weighted by atomic mass is 10.2. The first kappa shape index (κ1) is 22.7. The molecular formula is C19H18F2N4O4S2. The predicted octanol–water partition coefficient (Wildman–Crippen LogP) is 3.97. The summed E-state index contributed by atoms with van der Waals surface area (Å²) in [5.74, 6) is -0.231. The van der Waals surface area contributed by atoms with Crippen molar-refractivity contribution in [1.29, 1.82) is 0 Å². The highest BCUT2D eigenvalue weighted by Gasteiger charge is 2.18. The molecule has 3 aromatic rings. The Bertz CT molecular complexity index is 1080. The summed E-state index contributed by atoms with van der Waals surface area (Å²) < 4.78 is 35.3. The number of halogens is 2. The number of nitrogens with one attached hydrogen (secondary N) is 1. The molecule has 2 aromatic heterocycles. The molecule has 0 fully saturated rings. The Morgan fingerprint density at radius 3 is 2.61 bits per heavy atom. The lowest BCUT2D eigenvalue weighted by Crippen LogP contribution is -2.16. The van der Waals surface area contributed by atoms with Crippen LogP contribution in [-0.4, -0.2) is 46.1 Å². The van der Waals surface area contributed by atoms with Gasteiger partial charge in [-0.15, -0.1) is 21.5 Å². The van der Waals surface area contributed by atoms with Crippen molar-refractivity contribution in [3.05, 3.63) is 40.8 Å². The molecule has 12 heteroatoms. The number of alkyl halides is 2. The summed E-state index contributed by atoms with van der Waals surface area (Å²) in [5.41, 5.74) is 0.966. The summed E-state index contributed by atoms with van der Waals surface area (Å²) in [6.45, 7) is -1.06. The topological polar surface area (TPSA) is 95.3 Å². The van der Waals surface area contributed by atoms with E-state index in [2.05, 4.69) is 20.3 Å². The highest BCUT2D eigenvalue weighted by molar-refractivity contribution is 7.99. The van der Waals surface area contributed by atoms with Gasteiger partial charge in [-0.1, -0.05) is 11.8 Å². The van der Waals surface area contributed by atoms with E-state index in [1.54, 1.807) is 29.8 Å². The molecule has 0 bridgehead atoms. The number of amides is 1. The Morgan fingerprint density at radius 1 is 1.26 bits per heavy atom. The second-order valence-corrected chi connectivity index (χ2v) is 8.40. The molecule has 1 amide bonds. The molecule has 0 aliphatic rings. The summed E-state index contributed by atoms with van der Waals surface area (Å²) in [7, 11) is 3.01. The average Bonchev–Trinajstić information content (AvgIpc) is 3.28. The van der Waals surface area contributed by atoms with Gasteiger partial charge in [-0.05, 0) is 37.3 Å². The number of benzene rings is 1. The van der Waals surface area contributed by atoms with Gasteiger partial charge in [-0.2, -0.15) is 8.78 Å². The normalized spacial score (nSPS) is 10.9. The van der Waals surface area contributed by atoms with Crippen molar-refractivity contribution in [2.75, 3.05) is 18.2 Å². The second kappa shape index (κ2) is 9.88. The van der Waals surface area contributed by atoms with Crippen molar-refractivity contribution >= 4 is 40.0 Å². The molecule has 0 saturated heterocycles. The van der Waals surface area contributed by atoms with Crippen molar-refractivity contribution < 1.29 is 27.8 Å². The molecule has 1 aromatic carbocycles. The Hall–Kier alpha value is -2.99. The first-order valence-corrected chi connectivity index (χ1v) is 10.6. The second-order valence-electron chi connectivity index (χ2n) is 6.20. The molecule has 164 valence electrons. The molecule has 1 N–H and O–H groups in total. The zero-order valence-corrected chi connectivity index (χ0v) is 18.4. The van der Waals surface area contributed by atoms with Gasteiger partial charge in [0.15, 0.2) is 11.0 Å². The minimum absolute atomic E-state index is 0.0438. The van der Waals surface area contributed by atoms with Gasteiger partial charge < -0.3 is 19.4 Å². The van der Waals surface area contributed by atoms with Crippen LogP contribution in [0.15, 0.2) is 35.5 Å². The number of hydrogen-bond donors (Lipinski definition) is 1. The third-order valence-electron chi connectivity index (χ3n) is 4.02. The Kier molecular flexibility index (Phi) is 7.23. The summed E-state index contributed by atoms with van der Waals surface area (Å²) >= 11 is 2.46. The Morgan fingerprint density at radius 2 is 1.97 bits per heavy atom. The zero-order chi connectivity index (χ0) is 22.5. The van der Waals surface area contributed by atoms with E-state index < -0.39 is 12.6 Å². The number of ether oxygens (including phenoxy) is 2. The van der Waals surface area contributed by atoms with E-state index in [4.69, 9.17) is 4.74 Å². The number of esters is 1. The smallest absolute Gasteiger partial charge is 0.387 e. The van der Waals surface area contributed by atoms with E-state index in [0.717, 1.165) is 4.88 Å². The molecule has 3 rings (SSSR count). The maximum atomic E-state index is 12.4. The number of methoxy groups -OCH3 is 1. The van der Waals surface area contributed by atoms with Crippen LogP contribution in [0.4, 0.5) is 13.8 Å². The van der Waals surface area contributed by atoms with Gasteiger partial charge in [0, 0.05) is 17.5 Å². The van der Waals surface area contributed by atoms with Crippen molar-refractivity contribution in [1.82, 2.24) is 14.8 Å². The van der Waals surface area contributed by atoms with Crippen molar-refractivity contribution in [2.24, 2.45) is 7.05 Å². The monoisotopic (exact) mass is 468 g/mol. The molecule has 31 heavy (non-hydrogen) atoms. The Balaban J connectivity index is 1.64. The Labute approximate surface area is 184 Å². The van der Waals surface area contributed by atoms with E-state index in [-0.39, 0.29) is 17.4 Å². The van der Waals surface area contributed by atoms with Crippen LogP contribution in [0, 0.1) is 6.92 Å². The summed E-state index contributed by atoms with van der Waals surface area (Å²) in [6.07, 6.45) is 0. The number of rotatable bonds is 8. The molecule has 0 aliphatic carbocycles. The van der Waals surface area contributed by atoms with Crippen molar-refractivity contribution in [2.45, 2.75) is 18.7 Å². The highest BCUT2D eigenvalue weighted by atomic mass is 32.2. The number of thioether (sulfide) groups is 1. The summed E-state index contributed by atoms with van der Waals surface area (Å²) in [4.78, 5) is 25.1. The minimum atomic E-state index is -2.89. The average molecular weight is 469 g/mol. The van der Waals surface area contributed by atoms with Crippen LogP contribution in [0.3, 0.4) is 0 Å². The minimum Gasteiger partial charge on any atom is -0.465 e. The van der Waals surface area contributed by atoms with Crippen LogP contribution < -0.4 is 10.1 Å². The van der Waals surface area contributed by atoms with Gasteiger partial charge in [-0.3, -0.25) is 4.79 Å². The number of aryl methyl sites for hydroxylation is 1. The SMILES string of the molecule is COC(=O)c1cc(C)sc1NC(=O)CSc1nnc(-c2ccc(OC(F)F)cc2)n1C. The third-order valence-corrected chi connectivity index (χ3v) is 6.00. The van der Waals surface area contributed by atoms with Crippen LogP contribution in [0.1, 0.15) is 15.2 Å². The van der Waals surface area contributed by atoms with Gasteiger partial charge in [0.25, 0.3) is 0 Å². The van der Waals surface area contributed by atoms with Crippen molar-refractivity contribution in [3.63, 3.8) is 0 Å². The van der Waals surface area contributed by atoms with E-state index in [0.29, 0.717) is 27.1 Å². The van der Waals surface area contributed by atoms with Gasteiger partial charge >= 0.3 is 12.6 Å². The summed E-state index contributed by atoms with van der Waals surface area (Å²) in [6, 6.07) is 7.68. The molecule has 0 saturated carbocycles. The fourth-order valence-corrected chi connectivity index (χ4v) is 4.27. The number of anilines is 1. The molecular weight excluding hydrogens is 450 g/mol. The summed E-state index contributed by atoms with van der Waals surface area (Å²) in [5, 5.41) is 11.8. The molecule has 0 unspecified atom stereocenters. The number of aromatic nitrogens is 3. The van der Waals surface area contributed by atoms with Gasteiger partial charge in [0.1, 0.15) is 10.8 Å². The van der Waals surface area contributed by atoms with E-state index in [1.807, 2.05) is 6.92 Å². The van der Waals surface area contributed by atoms with E-state index >= 15 is 0 Å². The quantitative estimate of drug-likeness (QED) is 0.395. The fraction of sp³-hybridized carbons (Fsp3) is 0.263. The predicted molar refractivity (Wildman–Crippen MR) is 113 cm³/mol. The van der Waals surface area contributed by atoms with Crippen LogP contribution in [0.2, 0.25) is 0 Å². The zero-order valence-electron chi connectivity index (χ0n) is 16.7. The lowest BCUT2D eigenvalue weighted by Gasteiger charge is -2.07. The first-order chi connectivity index (χ1) is 14.8. The molecule has 0 radical (unpaired) electrons. The lowest BCUT2D eigenvalue weighted by molar-refractivity contribution is -0.113. The van der Waals surface area contributed by atoms with Crippen LogP contribution in [0.5, 0.6) is 5.75 Å². The van der Waals surface area contributed by atoms with Crippen LogP contribution in [0.25, 0.3) is 11.4 Å². The van der Waals surface area contributed by atoms with Gasteiger partial charge in [0.05, 0.1) is 18.4 Å². The van der Waals surface area contributed by atoms with E-state index in [1.165, 1.54) is 42.3 Å². The molecule has 0 atom stereocenters. The third kappa shape index (κ3) is 5.58. The fourth-order valence-electron chi connectivity index (χ4n) is 2.64. The van der Waals surface area contributed by atoms with Gasteiger partial charge in [0.2, 0.25) is 5.91 Å². The maximum Gasteiger partial charge on any atom is 0.387 e. The van der Waals surface area contributed by atoms with Gasteiger partial charge in [-0.25, -0.2) is 4.79 Å². The molecule has 8 nitrogen and oxygen atoms in total. The number of hydrogen-bond acceptors (Lipinski definition) is 8. The standard InChI is InChI=1S/C19H18F2N4O4S2/c1-10-8-13(17(27)28-3)16(31-10)22-14(26)9-30-19-24-23-15(25(19)2)11-4-6-12(7-5-11)29-18(20)21/h4-8,18H,9H2,1-3H3,(H,22,26). The maximum absolute atomic E-state index is 12.4. The number of carbonyl (C=O) groups excluding carboxylic acids is 2. The van der Waals surface area contributed by atoms with E-state index in [9.17, 15) is 18.4 Å². The number of thiophene rings is 1.